The number of ether oxygens (including phenoxy) is 2. The van der Waals surface area contributed by atoms with Gasteiger partial charge in [0.25, 0.3) is 0 Å². The molecule has 8 heteroatoms. The number of aromatic nitrogens is 1. The van der Waals surface area contributed by atoms with Crippen molar-refractivity contribution in [3.05, 3.63) is 52.1 Å². The van der Waals surface area contributed by atoms with Gasteiger partial charge in [0.2, 0.25) is 11.8 Å². The zero-order valence-corrected chi connectivity index (χ0v) is 15.9. The van der Waals surface area contributed by atoms with Gasteiger partial charge in [0.05, 0.1) is 35.3 Å². The fourth-order valence-corrected chi connectivity index (χ4v) is 4.25. The van der Waals surface area contributed by atoms with Gasteiger partial charge in [0, 0.05) is 30.3 Å². The first-order chi connectivity index (χ1) is 13.0. The Bertz CT molecular complexity index is 882. The lowest BCUT2D eigenvalue weighted by atomic mass is 9.74. The third kappa shape index (κ3) is 3.37. The standard InChI is InChI=1S/C19H17Cl2FN2O3/c1-26-15-6-9(4-5-23-15)16-17(14-8-13(22)18(16)27-14)19(25)24-10-2-3-11(20)12(21)7-10/h2-7,13-14,16-18H,8H2,1H3,(H,24,25)/t13-,14+,16+,17-,18-/m0/s1. The molecule has 1 amide bonds. The molecule has 0 radical (unpaired) electrons. The average molecular weight is 411 g/mol. The largest absolute Gasteiger partial charge is 0.481 e. The first-order valence-electron chi connectivity index (χ1n) is 8.53. The molecule has 1 aromatic carbocycles. The van der Waals surface area contributed by atoms with Crippen molar-refractivity contribution in [3.63, 3.8) is 0 Å². The number of alkyl halides is 1. The normalized spacial score (nSPS) is 29.0. The number of halogens is 3. The Morgan fingerprint density at radius 2 is 2.11 bits per heavy atom. The third-order valence-corrected chi connectivity index (χ3v) is 5.87. The van der Waals surface area contributed by atoms with Gasteiger partial charge in [0.1, 0.15) is 6.17 Å². The Balaban J connectivity index is 1.62. The highest BCUT2D eigenvalue weighted by Gasteiger charge is 2.57. The Kier molecular flexibility index (Phi) is 4.97. The minimum absolute atomic E-state index is 0.211. The lowest BCUT2D eigenvalue weighted by Crippen LogP contribution is -2.39. The number of hydrogen-bond donors (Lipinski definition) is 1. The molecule has 5 nitrogen and oxygen atoms in total. The van der Waals surface area contributed by atoms with Crippen molar-refractivity contribution in [2.24, 2.45) is 5.92 Å². The predicted molar refractivity (Wildman–Crippen MR) is 100 cm³/mol. The maximum atomic E-state index is 14.4. The summed E-state index contributed by atoms with van der Waals surface area (Å²) >= 11 is 11.9. The zero-order chi connectivity index (χ0) is 19.1. The maximum absolute atomic E-state index is 14.4. The molecule has 0 unspecified atom stereocenters. The van der Waals surface area contributed by atoms with Crippen LogP contribution in [0.1, 0.15) is 17.9 Å². The van der Waals surface area contributed by atoms with Crippen LogP contribution >= 0.6 is 23.2 Å². The summed E-state index contributed by atoms with van der Waals surface area (Å²) in [5.41, 5.74) is 1.30. The van der Waals surface area contributed by atoms with Crippen molar-refractivity contribution in [1.82, 2.24) is 4.98 Å². The Morgan fingerprint density at radius 3 is 2.85 bits per heavy atom. The van der Waals surface area contributed by atoms with E-state index in [1.807, 2.05) is 0 Å². The number of anilines is 1. The van der Waals surface area contributed by atoms with Gasteiger partial charge in [-0.2, -0.15) is 0 Å². The van der Waals surface area contributed by atoms with Crippen molar-refractivity contribution < 1.29 is 18.7 Å². The SMILES string of the molecule is COc1cc([C@H]2[C@H]3O[C@H](C[C@@H]3F)[C@@H]2C(=O)Nc2ccc(Cl)c(Cl)c2)ccn1. The number of amides is 1. The van der Waals surface area contributed by atoms with Crippen LogP contribution in [0.3, 0.4) is 0 Å². The third-order valence-electron chi connectivity index (χ3n) is 5.13. The van der Waals surface area contributed by atoms with Crippen LogP contribution in [0.5, 0.6) is 5.88 Å². The molecule has 2 aromatic rings. The first-order valence-corrected chi connectivity index (χ1v) is 9.29. The van der Waals surface area contributed by atoms with E-state index in [2.05, 4.69) is 10.3 Å². The Morgan fingerprint density at radius 1 is 1.30 bits per heavy atom. The van der Waals surface area contributed by atoms with Gasteiger partial charge in [-0.25, -0.2) is 9.37 Å². The van der Waals surface area contributed by atoms with E-state index in [0.717, 1.165) is 5.56 Å². The molecule has 5 atom stereocenters. The number of fused-ring (bicyclic) bond motifs is 2. The molecule has 0 spiro atoms. The fourth-order valence-electron chi connectivity index (χ4n) is 3.95. The Hall–Kier alpha value is -1.89. The molecule has 1 aromatic heterocycles. The fraction of sp³-hybridized carbons (Fsp3) is 0.368. The summed E-state index contributed by atoms with van der Waals surface area (Å²) < 4.78 is 25.3. The van der Waals surface area contributed by atoms with E-state index in [4.69, 9.17) is 32.7 Å². The second-order valence-corrected chi connectivity index (χ2v) is 7.51. The minimum Gasteiger partial charge on any atom is -0.481 e. The quantitative estimate of drug-likeness (QED) is 0.818. The average Bonchev–Trinajstić information content (AvgIpc) is 3.21. The van der Waals surface area contributed by atoms with E-state index in [1.54, 1.807) is 36.5 Å². The van der Waals surface area contributed by atoms with Gasteiger partial charge < -0.3 is 14.8 Å². The number of methoxy groups -OCH3 is 1. The van der Waals surface area contributed by atoms with E-state index in [0.29, 0.717) is 21.6 Å². The lowest BCUT2D eigenvalue weighted by molar-refractivity contribution is -0.121. The number of benzene rings is 1. The highest BCUT2D eigenvalue weighted by molar-refractivity contribution is 6.42. The van der Waals surface area contributed by atoms with E-state index >= 15 is 0 Å². The molecule has 2 aliphatic heterocycles. The summed E-state index contributed by atoms with van der Waals surface area (Å²) in [6.45, 7) is 0. The highest BCUT2D eigenvalue weighted by atomic mass is 35.5. The molecule has 2 saturated heterocycles. The second-order valence-electron chi connectivity index (χ2n) is 6.69. The van der Waals surface area contributed by atoms with Crippen molar-refractivity contribution in [2.45, 2.75) is 30.7 Å². The molecule has 3 heterocycles. The number of carbonyl (C=O) groups excluding carboxylic acids is 1. The molecule has 2 aliphatic rings. The second kappa shape index (κ2) is 7.26. The van der Waals surface area contributed by atoms with Crippen LogP contribution in [0.2, 0.25) is 10.0 Å². The summed E-state index contributed by atoms with van der Waals surface area (Å²) in [5, 5.41) is 3.60. The Labute approximate surface area is 165 Å². The van der Waals surface area contributed by atoms with Gasteiger partial charge in [-0.05, 0) is 29.8 Å². The highest BCUT2D eigenvalue weighted by Crippen LogP contribution is 2.50. The van der Waals surface area contributed by atoms with Crippen LogP contribution in [-0.4, -0.2) is 36.4 Å². The zero-order valence-electron chi connectivity index (χ0n) is 14.4. The molecule has 142 valence electrons. The number of nitrogens with zero attached hydrogens (tertiary/aromatic N) is 1. The maximum Gasteiger partial charge on any atom is 0.230 e. The molecule has 0 saturated carbocycles. The monoisotopic (exact) mass is 410 g/mol. The van der Waals surface area contributed by atoms with Gasteiger partial charge in [-0.1, -0.05) is 23.2 Å². The van der Waals surface area contributed by atoms with Crippen LogP contribution < -0.4 is 10.1 Å². The summed E-state index contributed by atoms with van der Waals surface area (Å²) in [7, 11) is 1.51. The molecule has 27 heavy (non-hydrogen) atoms. The molecule has 0 aliphatic carbocycles. The first kappa shape index (κ1) is 18.5. The summed E-state index contributed by atoms with van der Waals surface area (Å²) in [4.78, 5) is 17.1. The van der Waals surface area contributed by atoms with Crippen LogP contribution in [0.25, 0.3) is 0 Å². The van der Waals surface area contributed by atoms with Crippen molar-refractivity contribution in [2.75, 3.05) is 12.4 Å². The van der Waals surface area contributed by atoms with Crippen LogP contribution in [-0.2, 0) is 9.53 Å². The molecular weight excluding hydrogens is 394 g/mol. The number of rotatable bonds is 4. The van der Waals surface area contributed by atoms with Gasteiger partial charge in [0.15, 0.2) is 0 Å². The molecule has 2 bridgehead atoms. The summed E-state index contributed by atoms with van der Waals surface area (Å²) in [6, 6.07) is 8.35. The van der Waals surface area contributed by atoms with E-state index in [1.165, 1.54) is 7.11 Å². The number of carbonyl (C=O) groups is 1. The van der Waals surface area contributed by atoms with Crippen molar-refractivity contribution in [3.8, 4) is 5.88 Å². The number of pyridine rings is 1. The smallest absolute Gasteiger partial charge is 0.230 e. The molecule has 4 rings (SSSR count). The minimum atomic E-state index is -1.10. The van der Waals surface area contributed by atoms with Gasteiger partial charge >= 0.3 is 0 Å². The lowest BCUT2D eigenvalue weighted by Gasteiger charge is -2.29. The van der Waals surface area contributed by atoms with E-state index in [9.17, 15) is 9.18 Å². The molecular formula is C19H17Cl2FN2O3. The topological polar surface area (TPSA) is 60.5 Å². The van der Waals surface area contributed by atoms with Gasteiger partial charge in [-0.15, -0.1) is 0 Å². The van der Waals surface area contributed by atoms with E-state index in [-0.39, 0.29) is 12.3 Å². The van der Waals surface area contributed by atoms with Crippen LogP contribution in [0.15, 0.2) is 36.5 Å². The van der Waals surface area contributed by atoms with Crippen LogP contribution in [0.4, 0.5) is 10.1 Å². The predicted octanol–water partition coefficient (Wildman–Crippen LogP) is 4.24. The molecule has 2 fully saturated rings. The summed E-state index contributed by atoms with van der Waals surface area (Å²) in [5.74, 6) is -0.773. The van der Waals surface area contributed by atoms with Crippen molar-refractivity contribution >= 4 is 34.8 Å². The van der Waals surface area contributed by atoms with Crippen LogP contribution in [0, 0.1) is 5.92 Å². The van der Waals surface area contributed by atoms with Gasteiger partial charge in [-0.3, -0.25) is 4.79 Å². The van der Waals surface area contributed by atoms with Crippen molar-refractivity contribution in [1.29, 1.82) is 0 Å². The number of hydrogen-bond acceptors (Lipinski definition) is 4. The summed E-state index contributed by atoms with van der Waals surface area (Å²) in [6.07, 6.45) is -0.443. The number of nitrogens with one attached hydrogen (secondary N) is 1. The molecule has 1 N–H and O–H groups in total. The van der Waals surface area contributed by atoms with E-state index < -0.39 is 30.2 Å².